The Balaban J connectivity index is 1.64. The van der Waals surface area contributed by atoms with Crippen molar-refractivity contribution in [3.63, 3.8) is 0 Å². The van der Waals surface area contributed by atoms with Gasteiger partial charge in [0.15, 0.2) is 0 Å². The molecule has 0 aliphatic heterocycles. The van der Waals surface area contributed by atoms with Crippen LogP contribution in [-0.4, -0.2) is 22.3 Å². The predicted molar refractivity (Wildman–Crippen MR) is 108 cm³/mol. The Morgan fingerprint density at radius 1 is 1.00 bits per heavy atom. The molecule has 0 fully saturated rings. The molecule has 0 spiro atoms. The number of fused-ring (bicyclic) bond motifs is 2. The first-order valence-corrected chi connectivity index (χ1v) is 9.22. The van der Waals surface area contributed by atoms with E-state index < -0.39 is 0 Å². The summed E-state index contributed by atoms with van der Waals surface area (Å²) in [6.07, 6.45) is 0. The number of carbonyl (C=O) groups excluding carboxylic acids is 1. The Bertz CT molecular complexity index is 1060. The fourth-order valence-corrected chi connectivity index (χ4v) is 3.31. The van der Waals surface area contributed by atoms with Gasteiger partial charge in [0.1, 0.15) is 17.0 Å². The largest absolute Gasteiger partial charge is 0.459 e. The molecule has 1 amide bonds. The Morgan fingerprint density at radius 3 is 2.52 bits per heavy atom. The molecule has 0 N–H and O–H groups in total. The van der Waals surface area contributed by atoms with Crippen LogP contribution in [-0.2, 0) is 6.54 Å². The van der Waals surface area contributed by atoms with E-state index in [4.69, 9.17) is 4.42 Å². The van der Waals surface area contributed by atoms with E-state index in [1.807, 2.05) is 65.6 Å². The zero-order valence-electron chi connectivity index (χ0n) is 15.6. The zero-order chi connectivity index (χ0) is 18.8. The number of nitrogens with zero attached hydrogens (tertiary/aromatic N) is 2. The van der Waals surface area contributed by atoms with Gasteiger partial charge in [0.2, 0.25) is 0 Å². The monoisotopic (exact) mass is 358 g/mol. The van der Waals surface area contributed by atoms with Gasteiger partial charge in [0.25, 0.3) is 5.91 Å². The first-order valence-electron chi connectivity index (χ1n) is 9.22. The number of hydrogen-bond donors (Lipinski definition) is 0. The summed E-state index contributed by atoms with van der Waals surface area (Å²) in [5, 5.41) is 2.08. The molecule has 27 heavy (non-hydrogen) atoms. The van der Waals surface area contributed by atoms with E-state index >= 15 is 0 Å². The van der Waals surface area contributed by atoms with Gasteiger partial charge in [0, 0.05) is 17.3 Å². The third-order valence-electron chi connectivity index (χ3n) is 4.51. The van der Waals surface area contributed by atoms with Gasteiger partial charge in [-0.3, -0.25) is 4.79 Å². The molecule has 0 aliphatic carbocycles. The number of pyridine rings is 1. The molecule has 0 saturated carbocycles. The van der Waals surface area contributed by atoms with Crippen LogP contribution in [0.2, 0.25) is 0 Å². The van der Waals surface area contributed by atoms with Crippen LogP contribution >= 0.6 is 0 Å². The average molecular weight is 358 g/mol. The van der Waals surface area contributed by atoms with Crippen LogP contribution in [0, 0.1) is 5.92 Å². The summed E-state index contributed by atoms with van der Waals surface area (Å²) in [6, 6.07) is 21.5. The molecule has 2 heterocycles. The minimum absolute atomic E-state index is 0.0742. The highest BCUT2D eigenvalue weighted by atomic mass is 16.3. The number of benzene rings is 2. The van der Waals surface area contributed by atoms with Crippen molar-refractivity contribution >= 4 is 27.8 Å². The van der Waals surface area contributed by atoms with Crippen molar-refractivity contribution in [3.05, 3.63) is 78.2 Å². The lowest BCUT2D eigenvalue weighted by Crippen LogP contribution is -2.34. The number of carbonyl (C=O) groups is 1. The molecular formula is C23H22N2O2. The molecule has 4 nitrogen and oxygen atoms in total. The van der Waals surface area contributed by atoms with Gasteiger partial charge >= 0.3 is 0 Å². The summed E-state index contributed by atoms with van der Waals surface area (Å²) in [5.41, 5.74) is 2.13. The Labute approximate surface area is 158 Å². The minimum atomic E-state index is -0.0742. The molecule has 4 heteroatoms. The van der Waals surface area contributed by atoms with Gasteiger partial charge in [0.05, 0.1) is 12.1 Å². The lowest BCUT2D eigenvalue weighted by molar-refractivity contribution is 0.0705. The topological polar surface area (TPSA) is 46.3 Å². The number of amides is 1. The van der Waals surface area contributed by atoms with Crippen LogP contribution in [0.25, 0.3) is 21.9 Å². The fraction of sp³-hybridized carbons (Fsp3) is 0.217. The Hall–Kier alpha value is -3.14. The summed E-state index contributed by atoms with van der Waals surface area (Å²) in [5.74, 6) is 1.06. The smallest absolute Gasteiger partial charge is 0.272 e. The molecule has 4 aromatic rings. The molecule has 0 unspecified atom stereocenters. The summed E-state index contributed by atoms with van der Waals surface area (Å²) in [7, 11) is 0. The zero-order valence-corrected chi connectivity index (χ0v) is 15.6. The second-order valence-corrected chi connectivity index (χ2v) is 7.22. The van der Waals surface area contributed by atoms with E-state index in [0.29, 0.717) is 24.7 Å². The van der Waals surface area contributed by atoms with E-state index in [1.165, 1.54) is 0 Å². The van der Waals surface area contributed by atoms with Crippen molar-refractivity contribution < 1.29 is 9.21 Å². The molecule has 0 radical (unpaired) electrons. The Morgan fingerprint density at radius 2 is 1.74 bits per heavy atom. The first-order chi connectivity index (χ1) is 13.1. The fourth-order valence-electron chi connectivity index (χ4n) is 3.31. The maximum Gasteiger partial charge on any atom is 0.272 e. The summed E-state index contributed by atoms with van der Waals surface area (Å²) < 4.78 is 5.92. The molecule has 0 aliphatic rings. The maximum absolute atomic E-state index is 13.2. The number of hydrogen-bond acceptors (Lipinski definition) is 3. The van der Waals surface area contributed by atoms with Crippen molar-refractivity contribution in [2.24, 2.45) is 5.92 Å². The van der Waals surface area contributed by atoms with E-state index in [9.17, 15) is 4.79 Å². The van der Waals surface area contributed by atoms with Crippen molar-refractivity contribution in [2.75, 3.05) is 6.54 Å². The first kappa shape index (κ1) is 17.3. The average Bonchev–Trinajstić information content (AvgIpc) is 3.08. The lowest BCUT2D eigenvalue weighted by Gasteiger charge is -2.23. The van der Waals surface area contributed by atoms with Crippen LogP contribution < -0.4 is 0 Å². The SMILES string of the molecule is CC(C)CN(Cc1cc2ccccc2o1)C(=O)c1ccc2ccccc2n1. The molecule has 4 rings (SSSR count). The standard InChI is InChI=1S/C23H22N2O2/c1-16(2)14-25(15-19-13-18-8-4-6-10-22(18)27-19)23(26)21-12-11-17-7-3-5-9-20(17)24-21/h3-13,16H,14-15H2,1-2H3. The van der Waals surface area contributed by atoms with Crippen molar-refractivity contribution in [1.29, 1.82) is 0 Å². The van der Waals surface area contributed by atoms with Crippen LogP contribution in [0.15, 0.2) is 71.1 Å². The third-order valence-corrected chi connectivity index (χ3v) is 4.51. The highest BCUT2D eigenvalue weighted by molar-refractivity contribution is 5.95. The highest BCUT2D eigenvalue weighted by Gasteiger charge is 2.20. The summed E-state index contributed by atoms with van der Waals surface area (Å²) >= 11 is 0. The molecule has 0 atom stereocenters. The number of aromatic nitrogens is 1. The van der Waals surface area contributed by atoms with Crippen LogP contribution in [0.1, 0.15) is 30.1 Å². The number of para-hydroxylation sites is 2. The molecule has 136 valence electrons. The van der Waals surface area contributed by atoms with Gasteiger partial charge in [-0.2, -0.15) is 0 Å². The molecule has 2 aromatic carbocycles. The van der Waals surface area contributed by atoms with Crippen molar-refractivity contribution in [1.82, 2.24) is 9.88 Å². The summed E-state index contributed by atoms with van der Waals surface area (Å²) in [6.45, 7) is 5.28. The van der Waals surface area contributed by atoms with Gasteiger partial charge in [-0.05, 0) is 30.2 Å². The van der Waals surface area contributed by atoms with Gasteiger partial charge in [-0.15, -0.1) is 0 Å². The Kier molecular flexibility index (Phi) is 4.63. The van der Waals surface area contributed by atoms with E-state index in [-0.39, 0.29) is 5.91 Å². The number of furan rings is 1. The molecule has 0 bridgehead atoms. The van der Waals surface area contributed by atoms with E-state index in [1.54, 1.807) is 6.07 Å². The van der Waals surface area contributed by atoms with Gasteiger partial charge in [-0.1, -0.05) is 56.3 Å². The van der Waals surface area contributed by atoms with Crippen molar-refractivity contribution in [2.45, 2.75) is 20.4 Å². The van der Waals surface area contributed by atoms with Crippen LogP contribution in [0.4, 0.5) is 0 Å². The highest BCUT2D eigenvalue weighted by Crippen LogP contribution is 2.21. The normalized spacial score (nSPS) is 11.4. The lowest BCUT2D eigenvalue weighted by atomic mass is 10.1. The molecule has 0 saturated heterocycles. The molecule has 2 aromatic heterocycles. The minimum Gasteiger partial charge on any atom is -0.459 e. The van der Waals surface area contributed by atoms with Gasteiger partial charge in [-0.25, -0.2) is 4.98 Å². The maximum atomic E-state index is 13.2. The van der Waals surface area contributed by atoms with E-state index in [0.717, 1.165) is 27.6 Å². The number of rotatable bonds is 5. The van der Waals surface area contributed by atoms with Gasteiger partial charge < -0.3 is 9.32 Å². The second-order valence-electron chi connectivity index (χ2n) is 7.22. The van der Waals surface area contributed by atoms with Crippen molar-refractivity contribution in [3.8, 4) is 0 Å². The van der Waals surface area contributed by atoms with Crippen LogP contribution in [0.3, 0.4) is 0 Å². The van der Waals surface area contributed by atoms with E-state index in [2.05, 4.69) is 18.8 Å². The molecular weight excluding hydrogens is 336 g/mol. The second kappa shape index (κ2) is 7.23. The summed E-state index contributed by atoms with van der Waals surface area (Å²) in [4.78, 5) is 19.6. The quantitative estimate of drug-likeness (QED) is 0.488. The van der Waals surface area contributed by atoms with Crippen LogP contribution in [0.5, 0.6) is 0 Å². The third kappa shape index (κ3) is 3.70. The predicted octanol–water partition coefficient (Wildman–Crippen LogP) is 5.28.